The number of hydrogen-bond acceptors (Lipinski definition) is 5. The van der Waals surface area contributed by atoms with Gasteiger partial charge in [0.25, 0.3) is 0 Å². The second-order valence-electron chi connectivity index (χ2n) is 4.72. The second kappa shape index (κ2) is 5.42. The number of aromatic nitrogens is 1. The van der Waals surface area contributed by atoms with Gasteiger partial charge in [-0.05, 0) is 42.5 Å². The zero-order chi connectivity index (χ0) is 14.1. The average Bonchev–Trinajstić information content (AvgIpc) is 3.00. The molecule has 0 spiro atoms. The maximum absolute atomic E-state index is 6.13. The summed E-state index contributed by atoms with van der Waals surface area (Å²) in [6, 6.07) is 6.25. The Hall–Kier alpha value is -1.59. The Morgan fingerprint density at radius 1 is 1.35 bits per heavy atom. The van der Waals surface area contributed by atoms with E-state index in [1.807, 2.05) is 19.1 Å². The first-order valence-corrected chi connectivity index (χ1v) is 8.32. The van der Waals surface area contributed by atoms with Gasteiger partial charge < -0.3 is 11.1 Å². The fraction of sp³-hybridized carbons (Fsp3) is 0.267. The van der Waals surface area contributed by atoms with E-state index in [0.29, 0.717) is 0 Å². The monoisotopic (exact) mass is 303 g/mol. The van der Waals surface area contributed by atoms with Crippen LogP contribution in [0.4, 0.5) is 11.4 Å². The molecule has 2 heterocycles. The van der Waals surface area contributed by atoms with E-state index in [4.69, 9.17) is 5.73 Å². The minimum atomic E-state index is 0.788. The van der Waals surface area contributed by atoms with Gasteiger partial charge in [0.2, 0.25) is 0 Å². The highest BCUT2D eigenvalue weighted by Gasteiger charge is 2.07. The van der Waals surface area contributed by atoms with E-state index in [2.05, 4.69) is 28.7 Å². The quantitative estimate of drug-likeness (QED) is 0.701. The molecule has 0 aliphatic rings. The van der Waals surface area contributed by atoms with Crippen LogP contribution in [0.25, 0.3) is 10.2 Å². The van der Waals surface area contributed by atoms with Crippen LogP contribution >= 0.6 is 22.7 Å². The van der Waals surface area contributed by atoms with E-state index in [-0.39, 0.29) is 0 Å². The molecule has 3 nitrogen and oxygen atoms in total. The molecule has 0 bridgehead atoms. The van der Waals surface area contributed by atoms with E-state index in [0.717, 1.165) is 39.6 Å². The predicted octanol–water partition coefficient (Wildman–Crippen LogP) is 4.42. The molecule has 0 atom stereocenters. The molecule has 0 fully saturated rings. The summed E-state index contributed by atoms with van der Waals surface area (Å²) in [7, 11) is 0. The third-order valence-electron chi connectivity index (χ3n) is 3.32. The number of thiazole rings is 1. The molecular weight excluding hydrogens is 286 g/mol. The molecule has 3 aromatic rings. The van der Waals surface area contributed by atoms with Crippen molar-refractivity contribution < 1.29 is 0 Å². The normalized spacial score (nSPS) is 11.1. The van der Waals surface area contributed by atoms with Crippen LogP contribution in [-0.2, 0) is 13.0 Å². The number of nitrogens with two attached hydrogens (primary N) is 1. The summed E-state index contributed by atoms with van der Waals surface area (Å²) >= 11 is 3.47. The Labute approximate surface area is 126 Å². The number of rotatable bonds is 4. The number of nitrogens with one attached hydrogen (secondary N) is 1. The molecule has 20 heavy (non-hydrogen) atoms. The molecule has 104 valence electrons. The Balaban J connectivity index is 1.85. The summed E-state index contributed by atoms with van der Waals surface area (Å²) in [5.74, 6) is 0. The van der Waals surface area contributed by atoms with E-state index in [1.54, 1.807) is 22.7 Å². The summed E-state index contributed by atoms with van der Waals surface area (Å²) in [5.41, 5.74) is 10.3. The van der Waals surface area contributed by atoms with Crippen LogP contribution in [0.15, 0.2) is 23.6 Å². The predicted molar refractivity (Wildman–Crippen MR) is 89.8 cm³/mol. The molecular formula is C15H17N3S2. The third kappa shape index (κ3) is 2.51. The van der Waals surface area contributed by atoms with Crippen LogP contribution in [0.5, 0.6) is 0 Å². The van der Waals surface area contributed by atoms with Gasteiger partial charge in [0.05, 0.1) is 26.6 Å². The van der Waals surface area contributed by atoms with Gasteiger partial charge in [-0.25, -0.2) is 4.98 Å². The van der Waals surface area contributed by atoms with E-state index >= 15 is 0 Å². The number of fused-ring (bicyclic) bond motifs is 1. The van der Waals surface area contributed by atoms with Crippen molar-refractivity contribution in [3.8, 4) is 0 Å². The molecule has 0 radical (unpaired) electrons. The van der Waals surface area contributed by atoms with E-state index in [9.17, 15) is 0 Å². The molecule has 5 heteroatoms. The SMILES string of the molecule is CCc1ccsc1CNc1cc2nc(C)sc2cc1N. The lowest BCUT2D eigenvalue weighted by Crippen LogP contribution is -2.02. The van der Waals surface area contributed by atoms with Gasteiger partial charge >= 0.3 is 0 Å². The molecule has 0 aliphatic carbocycles. The number of thiophene rings is 1. The number of benzene rings is 1. The van der Waals surface area contributed by atoms with Gasteiger partial charge in [0.1, 0.15) is 0 Å². The lowest BCUT2D eigenvalue weighted by molar-refractivity contribution is 1.08. The first-order valence-electron chi connectivity index (χ1n) is 6.63. The number of anilines is 2. The van der Waals surface area contributed by atoms with Crippen molar-refractivity contribution in [2.24, 2.45) is 0 Å². The minimum Gasteiger partial charge on any atom is -0.397 e. The van der Waals surface area contributed by atoms with Crippen LogP contribution in [0.3, 0.4) is 0 Å². The fourth-order valence-corrected chi connectivity index (χ4v) is 4.04. The molecule has 0 saturated carbocycles. The molecule has 0 aliphatic heterocycles. The topological polar surface area (TPSA) is 50.9 Å². The summed E-state index contributed by atoms with van der Waals surface area (Å²) in [6.45, 7) is 5.02. The largest absolute Gasteiger partial charge is 0.397 e. The van der Waals surface area contributed by atoms with Gasteiger partial charge in [-0.1, -0.05) is 6.92 Å². The van der Waals surface area contributed by atoms with Crippen LogP contribution < -0.4 is 11.1 Å². The van der Waals surface area contributed by atoms with Gasteiger partial charge in [-0.2, -0.15) is 0 Å². The lowest BCUT2D eigenvalue weighted by atomic mass is 10.2. The van der Waals surface area contributed by atoms with Gasteiger partial charge in [-0.3, -0.25) is 0 Å². The van der Waals surface area contributed by atoms with Crippen LogP contribution in [-0.4, -0.2) is 4.98 Å². The maximum atomic E-state index is 6.13. The van der Waals surface area contributed by atoms with Crippen molar-refractivity contribution >= 4 is 44.3 Å². The maximum Gasteiger partial charge on any atom is 0.0907 e. The summed E-state index contributed by atoms with van der Waals surface area (Å²) in [6.07, 6.45) is 1.07. The van der Waals surface area contributed by atoms with E-state index < -0.39 is 0 Å². The molecule has 0 saturated heterocycles. The first-order chi connectivity index (χ1) is 9.67. The van der Waals surface area contributed by atoms with Crippen LogP contribution in [0.1, 0.15) is 22.4 Å². The van der Waals surface area contributed by atoms with Crippen molar-refractivity contribution in [2.45, 2.75) is 26.8 Å². The van der Waals surface area contributed by atoms with Crippen molar-refractivity contribution in [1.29, 1.82) is 0 Å². The van der Waals surface area contributed by atoms with Crippen molar-refractivity contribution in [3.63, 3.8) is 0 Å². The second-order valence-corrected chi connectivity index (χ2v) is 6.95. The van der Waals surface area contributed by atoms with Gasteiger partial charge in [-0.15, -0.1) is 22.7 Å². The molecule has 3 rings (SSSR count). The lowest BCUT2D eigenvalue weighted by Gasteiger charge is -2.09. The minimum absolute atomic E-state index is 0.788. The van der Waals surface area contributed by atoms with Crippen molar-refractivity contribution in [3.05, 3.63) is 39.0 Å². The van der Waals surface area contributed by atoms with Gasteiger partial charge in [0, 0.05) is 11.4 Å². The Morgan fingerprint density at radius 3 is 3.00 bits per heavy atom. The Kier molecular flexibility index (Phi) is 3.63. The Bertz CT molecular complexity index is 743. The average molecular weight is 303 g/mol. The number of hydrogen-bond donors (Lipinski definition) is 2. The highest BCUT2D eigenvalue weighted by molar-refractivity contribution is 7.18. The smallest absolute Gasteiger partial charge is 0.0907 e. The summed E-state index contributed by atoms with van der Waals surface area (Å²) in [5, 5.41) is 6.66. The first kappa shape index (κ1) is 13.4. The van der Waals surface area contributed by atoms with Gasteiger partial charge in [0.15, 0.2) is 0 Å². The standard InChI is InChI=1S/C15H17N3S2/c1-3-10-4-5-19-15(10)8-17-12-7-13-14(6-11(12)16)20-9(2)18-13/h4-7,17H,3,8,16H2,1-2H3. The van der Waals surface area contributed by atoms with Crippen LogP contribution in [0, 0.1) is 6.92 Å². The molecule has 2 aromatic heterocycles. The number of nitrogens with zero attached hydrogens (tertiary/aromatic N) is 1. The zero-order valence-corrected chi connectivity index (χ0v) is 13.2. The molecule has 3 N–H and O–H groups in total. The third-order valence-corrected chi connectivity index (χ3v) is 5.22. The zero-order valence-electron chi connectivity index (χ0n) is 11.6. The highest BCUT2D eigenvalue weighted by Crippen LogP contribution is 2.30. The molecule has 1 aromatic carbocycles. The summed E-state index contributed by atoms with van der Waals surface area (Å²) in [4.78, 5) is 5.90. The molecule has 0 amide bonds. The summed E-state index contributed by atoms with van der Waals surface area (Å²) < 4.78 is 1.15. The fourth-order valence-electron chi connectivity index (χ4n) is 2.27. The Morgan fingerprint density at radius 2 is 2.20 bits per heavy atom. The number of aryl methyl sites for hydroxylation is 2. The van der Waals surface area contributed by atoms with Crippen LogP contribution in [0.2, 0.25) is 0 Å². The molecule has 0 unspecified atom stereocenters. The van der Waals surface area contributed by atoms with Crippen molar-refractivity contribution in [1.82, 2.24) is 4.98 Å². The van der Waals surface area contributed by atoms with E-state index in [1.165, 1.54) is 10.4 Å². The number of nitrogen functional groups attached to an aromatic ring is 1. The van der Waals surface area contributed by atoms with Crippen molar-refractivity contribution in [2.75, 3.05) is 11.1 Å². The highest BCUT2D eigenvalue weighted by atomic mass is 32.1.